The Labute approximate surface area is 98.3 Å². The molecule has 0 N–H and O–H groups in total. The van der Waals surface area contributed by atoms with Crippen molar-refractivity contribution in [1.82, 2.24) is 0 Å². The van der Waals surface area contributed by atoms with Gasteiger partial charge in [-0.25, -0.2) is 0 Å². The summed E-state index contributed by atoms with van der Waals surface area (Å²) in [7, 11) is 0. The van der Waals surface area contributed by atoms with E-state index in [-0.39, 0.29) is 0 Å². The molecule has 0 radical (unpaired) electrons. The minimum absolute atomic E-state index is 1.09. The topological polar surface area (TPSA) is 9.23 Å². The van der Waals surface area contributed by atoms with Crippen molar-refractivity contribution < 1.29 is 3.07 Å². The monoisotopic (exact) mass is 314 g/mol. The summed E-state index contributed by atoms with van der Waals surface area (Å²) in [5.74, 6) is 1.09. The average molecular weight is 313 g/mol. The van der Waals surface area contributed by atoms with Gasteiger partial charge < -0.3 is 0 Å². The number of hydrogen-bond acceptors (Lipinski definition) is 1. The van der Waals surface area contributed by atoms with E-state index < -0.39 is 18.8 Å². The van der Waals surface area contributed by atoms with Crippen LogP contribution in [0.3, 0.4) is 0 Å². The van der Waals surface area contributed by atoms with Gasteiger partial charge in [0.15, 0.2) is 0 Å². The molecular weight excluding hydrogens is 291 g/mol. The fraction of sp³-hybridized carbons (Fsp3) is 0.538. The first-order valence-corrected chi connectivity index (χ1v) is 13.1. The first-order chi connectivity index (χ1) is 7.15. The average Bonchev–Trinajstić information content (AvgIpc) is 2.29. The van der Waals surface area contributed by atoms with Crippen LogP contribution in [0.4, 0.5) is 0 Å². The molecule has 0 saturated heterocycles. The first-order valence-electron chi connectivity index (χ1n) is 5.91. The Balaban J connectivity index is 2.78. The molecule has 1 aromatic rings. The van der Waals surface area contributed by atoms with E-state index in [4.69, 9.17) is 3.07 Å². The van der Waals surface area contributed by atoms with Crippen LogP contribution in [0.1, 0.15) is 26.3 Å². The summed E-state index contributed by atoms with van der Waals surface area (Å²) in [6, 6.07) is 8.49. The molecule has 0 aliphatic rings. The van der Waals surface area contributed by atoms with Gasteiger partial charge in [-0.05, 0) is 0 Å². The zero-order valence-electron chi connectivity index (χ0n) is 10.3. The third-order valence-electron chi connectivity index (χ3n) is 3.29. The second-order valence-corrected chi connectivity index (χ2v) is 17.5. The molecule has 0 heterocycles. The molecule has 0 bridgehead atoms. The van der Waals surface area contributed by atoms with Crippen LogP contribution in [-0.4, -0.2) is 18.8 Å². The zero-order chi connectivity index (χ0) is 11.3. The van der Waals surface area contributed by atoms with Gasteiger partial charge in [0.05, 0.1) is 0 Å². The van der Waals surface area contributed by atoms with Crippen molar-refractivity contribution in [2.75, 3.05) is 0 Å². The van der Waals surface area contributed by atoms with Crippen molar-refractivity contribution in [2.45, 2.75) is 41.0 Å². The molecule has 0 aliphatic heterocycles. The number of aryl methyl sites for hydroxylation is 1. The van der Waals surface area contributed by atoms with Gasteiger partial charge in [0.25, 0.3) is 0 Å². The summed E-state index contributed by atoms with van der Waals surface area (Å²) in [5.41, 5.74) is 1.30. The van der Waals surface area contributed by atoms with Crippen LogP contribution in [0.15, 0.2) is 24.3 Å². The van der Waals surface area contributed by atoms with E-state index in [2.05, 4.69) is 52.0 Å². The standard InChI is InChI=1S/C7H8O.3C2H5.Sn/c1-6-2-4-7(8)5-3-6;3*1-2;/h2-5,8H,1H3;3*1H2,2H3;/q;;;;+1/p-1. The molecular formula is C13H22OSn. The number of rotatable bonds is 5. The third kappa shape index (κ3) is 3.40. The van der Waals surface area contributed by atoms with E-state index in [9.17, 15) is 0 Å². The van der Waals surface area contributed by atoms with Crippen molar-refractivity contribution in [3.05, 3.63) is 29.8 Å². The Bertz CT molecular complexity index is 280. The van der Waals surface area contributed by atoms with Gasteiger partial charge in [0.2, 0.25) is 0 Å². The van der Waals surface area contributed by atoms with Crippen LogP contribution in [-0.2, 0) is 0 Å². The molecule has 84 valence electrons. The van der Waals surface area contributed by atoms with E-state index in [1.807, 2.05) is 0 Å². The zero-order valence-corrected chi connectivity index (χ0v) is 13.2. The molecule has 0 fully saturated rings. The van der Waals surface area contributed by atoms with E-state index in [1.54, 1.807) is 0 Å². The van der Waals surface area contributed by atoms with E-state index in [0.717, 1.165) is 5.75 Å². The van der Waals surface area contributed by atoms with Crippen molar-refractivity contribution in [3.8, 4) is 5.75 Å². The van der Waals surface area contributed by atoms with E-state index >= 15 is 0 Å². The van der Waals surface area contributed by atoms with Gasteiger partial charge in [-0.15, -0.1) is 0 Å². The van der Waals surface area contributed by atoms with Crippen LogP contribution in [0.25, 0.3) is 0 Å². The second-order valence-electron chi connectivity index (χ2n) is 4.16. The molecule has 0 aromatic heterocycles. The van der Waals surface area contributed by atoms with Crippen LogP contribution in [0, 0.1) is 6.92 Å². The Morgan fingerprint density at radius 2 is 1.40 bits per heavy atom. The maximum atomic E-state index is 6.31. The minimum atomic E-state index is -2.24. The van der Waals surface area contributed by atoms with Gasteiger partial charge in [-0.2, -0.15) is 0 Å². The van der Waals surface area contributed by atoms with E-state index in [0.29, 0.717) is 0 Å². The summed E-state index contributed by atoms with van der Waals surface area (Å²) in [6.07, 6.45) is 0. The molecule has 0 unspecified atom stereocenters. The predicted molar refractivity (Wildman–Crippen MR) is 69.0 cm³/mol. The predicted octanol–water partition coefficient (Wildman–Crippen LogP) is 4.38. The third-order valence-corrected chi connectivity index (χ3v) is 16.2. The number of hydrogen-bond donors (Lipinski definition) is 0. The second kappa shape index (κ2) is 5.78. The Morgan fingerprint density at radius 3 is 1.80 bits per heavy atom. The molecule has 0 saturated carbocycles. The maximum absolute atomic E-state index is 6.31. The van der Waals surface area contributed by atoms with Crippen LogP contribution in [0.2, 0.25) is 13.3 Å². The fourth-order valence-electron chi connectivity index (χ4n) is 1.82. The first kappa shape index (κ1) is 12.9. The number of benzene rings is 1. The van der Waals surface area contributed by atoms with E-state index in [1.165, 1.54) is 18.9 Å². The van der Waals surface area contributed by atoms with Crippen molar-refractivity contribution in [3.63, 3.8) is 0 Å². The Morgan fingerprint density at radius 1 is 0.933 bits per heavy atom. The molecule has 0 amide bonds. The molecule has 15 heavy (non-hydrogen) atoms. The van der Waals surface area contributed by atoms with Gasteiger partial charge in [-0.3, -0.25) is 0 Å². The molecule has 1 aromatic carbocycles. The summed E-state index contributed by atoms with van der Waals surface area (Å²) in [4.78, 5) is 0. The van der Waals surface area contributed by atoms with Gasteiger partial charge in [0.1, 0.15) is 0 Å². The molecule has 0 atom stereocenters. The normalized spacial score (nSPS) is 11.5. The Hall–Kier alpha value is -0.181. The van der Waals surface area contributed by atoms with Gasteiger partial charge in [-0.1, -0.05) is 0 Å². The summed E-state index contributed by atoms with van der Waals surface area (Å²) >= 11 is -2.24. The molecule has 0 aliphatic carbocycles. The summed E-state index contributed by atoms with van der Waals surface area (Å²) < 4.78 is 10.1. The SMILES string of the molecule is C[CH2][Sn]([CH2]C)([CH2]C)[O]c1ccc(C)cc1. The summed E-state index contributed by atoms with van der Waals surface area (Å²) in [5, 5.41) is 0. The molecule has 2 heteroatoms. The van der Waals surface area contributed by atoms with Gasteiger partial charge >= 0.3 is 98.4 Å². The van der Waals surface area contributed by atoms with Crippen LogP contribution in [0.5, 0.6) is 5.75 Å². The fourth-order valence-corrected chi connectivity index (χ4v) is 9.16. The van der Waals surface area contributed by atoms with Crippen molar-refractivity contribution in [2.24, 2.45) is 0 Å². The van der Waals surface area contributed by atoms with Gasteiger partial charge in [0, 0.05) is 0 Å². The van der Waals surface area contributed by atoms with Crippen molar-refractivity contribution in [1.29, 1.82) is 0 Å². The van der Waals surface area contributed by atoms with Crippen LogP contribution >= 0.6 is 0 Å². The summed E-state index contributed by atoms with van der Waals surface area (Å²) in [6.45, 7) is 8.98. The molecule has 0 spiro atoms. The van der Waals surface area contributed by atoms with Crippen molar-refractivity contribution >= 4 is 18.8 Å². The van der Waals surface area contributed by atoms with Crippen LogP contribution < -0.4 is 3.07 Å². The molecule has 1 rings (SSSR count). The quantitative estimate of drug-likeness (QED) is 0.733. The Kier molecular flexibility index (Phi) is 4.97. The molecule has 1 nitrogen and oxygen atoms in total.